The van der Waals surface area contributed by atoms with Crippen molar-refractivity contribution in [1.29, 1.82) is 0 Å². The van der Waals surface area contributed by atoms with Crippen LogP contribution >= 0.6 is 0 Å². The van der Waals surface area contributed by atoms with Gasteiger partial charge in [-0.15, -0.1) is 0 Å². The zero-order valence-corrected chi connectivity index (χ0v) is 13.8. The predicted octanol–water partition coefficient (Wildman–Crippen LogP) is 0.669. The summed E-state index contributed by atoms with van der Waals surface area (Å²) in [5.74, 6) is 0.0754. The van der Waals surface area contributed by atoms with Crippen molar-refractivity contribution in [1.82, 2.24) is 14.8 Å². The Balaban J connectivity index is 1.43. The van der Waals surface area contributed by atoms with Crippen LogP contribution < -0.4 is 4.90 Å². The maximum Gasteiger partial charge on any atom is 0.326 e. The van der Waals surface area contributed by atoms with Crippen LogP contribution in [0.1, 0.15) is 19.3 Å². The first-order chi connectivity index (χ1) is 11.6. The molecule has 0 aliphatic carbocycles. The number of pyridine rings is 1. The molecule has 24 heavy (non-hydrogen) atoms. The third kappa shape index (κ3) is 3.84. The molecule has 1 aromatic heterocycles. The first kappa shape index (κ1) is 16.7. The summed E-state index contributed by atoms with van der Waals surface area (Å²) in [4.78, 5) is 33.9. The first-order valence-electron chi connectivity index (χ1n) is 8.56. The second kappa shape index (κ2) is 7.61. The van der Waals surface area contributed by atoms with Crippen LogP contribution in [0, 0.1) is 0 Å². The lowest BCUT2D eigenvalue weighted by atomic mass is 10.2. The van der Waals surface area contributed by atoms with Gasteiger partial charge in [0.05, 0.1) is 0 Å². The molecule has 7 nitrogen and oxygen atoms in total. The van der Waals surface area contributed by atoms with E-state index in [1.165, 1.54) is 4.90 Å². The monoisotopic (exact) mass is 332 g/mol. The summed E-state index contributed by atoms with van der Waals surface area (Å²) in [6.45, 7) is 4.85. The highest BCUT2D eigenvalue weighted by molar-refractivity contribution is 5.84. The summed E-state index contributed by atoms with van der Waals surface area (Å²) < 4.78 is 0. The van der Waals surface area contributed by atoms with E-state index in [0.717, 1.165) is 38.4 Å². The number of hydrogen-bond acceptors (Lipinski definition) is 5. The molecule has 1 amide bonds. The molecule has 1 atom stereocenters. The summed E-state index contributed by atoms with van der Waals surface area (Å²) in [5.41, 5.74) is 0. The molecule has 3 heterocycles. The second-order valence-electron chi connectivity index (χ2n) is 6.35. The van der Waals surface area contributed by atoms with Gasteiger partial charge in [-0.05, 0) is 25.0 Å². The Labute approximate surface area is 141 Å². The van der Waals surface area contributed by atoms with E-state index < -0.39 is 12.0 Å². The molecule has 3 rings (SSSR count). The number of piperazine rings is 1. The lowest BCUT2D eigenvalue weighted by Gasteiger charge is -2.35. The Hall–Kier alpha value is -2.15. The fraction of sp³-hybridized carbons (Fsp3) is 0.588. The van der Waals surface area contributed by atoms with E-state index in [2.05, 4.69) is 14.8 Å². The number of anilines is 1. The number of carboxylic acids is 1. The van der Waals surface area contributed by atoms with Crippen molar-refractivity contribution < 1.29 is 14.7 Å². The molecule has 0 unspecified atom stereocenters. The van der Waals surface area contributed by atoms with E-state index in [1.54, 1.807) is 6.20 Å². The quantitative estimate of drug-likeness (QED) is 0.854. The van der Waals surface area contributed by atoms with Crippen molar-refractivity contribution in [3.63, 3.8) is 0 Å². The zero-order valence-electron chi connectivity index (χ0n) is 13.8. The molecule has 2 aliphatic rings. The number of aliphatic carboxylic acids is 1. The van der Waals surface area contributed by atoms with E-state index in [-0.39, 0.29) is 5.91 Å². The zero-order chi connectivity index (χ0) is 16.9. The molecule has 7 heteroatoms. The fourth-order valence-corrected chi connectivity index (χ4v) is 3.46. The smallest absolute Gasteiger partial charge is 0.326 e. The average Bonchev–Trinajstić information content (AvgIpc) is 3.11. The Bertz CT molecular complexity index is 572. The molecular formula is C17H24N4O3. The first-order valence-corrected chi connectivity index (χ1v) is 8.56. The third-order valence-electron chi connectivity index (χ3n) is 4.85. The summed E-state index contributed by atoms with van der Waals surface area (Å²) in [5, 5.41) is 9.17. The van der Waals surface area contributed by atoms with Gasteiger partial charge in [-0.25, -0.2) is 9.78 Å². The van der Waals surface area contributed by atoms with Crippen LogP contribution in [0.25, 0.3) is 0 Å². The molecular weight excluding hydrogens is 308 g/mol. The van der Waals surface area contributed by atoms with Gasteiger partial charge >= 0.3 is 5.97 Å². The molecule has 0 saturated carbocycles. The maximum absolute atomic E-state index is 12.3. The highest BCUT2D eigenvalue weighted by Gasteiger charge is 2.33. The van der Waals surface area contributed by atoms with Gasteiger partial charge in [-0.3, -0.25) is 9.69 Å². The molecule has 2 saturated heterocycles. The average molecular weight is 332 g/mol. The van der Waals surface area contributed by atoms with Crippen LogP contribution in [0.5, 0.6) is 0 Å². The highest BCUT2D eigenvalue weighted by Crippen LogP contribution is 2.19. The molecule has 2 fully saturated rings. The molecule has 2 aliphatic heterocycles. The van der Waals surface area contributed by atoms with E-state index in [1.807, 2.05) is 18.2 Å². The largest absolute Gasteiger partial charge is 0.480 e. The van der Waals surface area contributed by atoms with Crippen molar-refractivity contribution in [3.8, 4) is 0 Å². The number of carboxylic acid groups (broad SMARTS) is 1. The van der Waals surface area contributed by atoms with Gasteiger partial charge in [-0.2, -0.15) is 0 Å². The van der Waals surface area contributed by atoms with Gasteiger partial charge in [0, 0.05) is 51.9 Å². The molecule has 0 bridgehead atoms. The van der Waals surface area contributed by atoms with Crippen molar-refractivity contribution in [2.75, 3.05) is 44.2 Å². The van der Waals surface area contributed by atoms with Crippen LogP contribution in [0.15, 0.2) is 24.4 Å². The number of carbonyl (C=O) groups excluding carboxylic acids is 1. The number of hydrogen-bond donors (Lipinski definition) is 1. The number of likely N-dealkylation sites (tertiary alicyclic amines) is 1. The fourth-order valence-electron chi connectivity index (χ4n) is 3.46. The third-order valence-corrected chi connectivity index (χ3v) is 4.85. The van der Waals surface area contributed by atoms with Crippen molar-refractivity contribution in [2.45, 2.75) is 25.3 Å². The number of nitrogens with zero attached hydrogens (tertiary/aromatic N) is 4. The minimum Gasteiger partial charge on any atom is -0.480 e. The Morgan fingerprint density at radius 2 is 1.96 bits per heavy atom. The summed E-state index contributed by atoms with van der Waals surface area (Å²) in [6, 6.07) is 5.29. The SMILES string of the molecule is O=C(O)[C@@H]1CCCN1C(=O)CCN1CCN(c2ccccn2)CC1. The molecule has 0 radical (unpaired) electrons. The molecule has 1 aromatic rings. The second-order valence-corrected chi connectivity index (χ2v) is 6.35. The van der Waals surface area contributed by atoms with Gasteiger partial charge in [0.1, 0.15) is 11.9 Å². The Morgan fingerprint density at radius 1 is 1.17 bits per heavy atom. The maximum atomic E-state index is 12.3. The highest BCUT2D eigenvalue weighted by atomic mass is 16.4. The van der Waals surface area contributed by atoms with Gasteiger partial charge < -0.3 is 14.9 Å². The van der Waals surface area contributed by atoms with Crippen LogP contribution in [0.2, 0.25) is 0 Å². The predicted molar refractivity (Wildman–Crippen MR) is 89.9 cm³/mol. The van der Waals surface area contributed by atoms with E-state index >= 15 is 0 Å². The van der Waals surface area contributed by atoms with Crippen LogP contribution in [-0.4, -0.2) is 77.1 Å². The summed E-state index contributed by atoms with van der Waals surface area (Å²) in [7, 11) is 0. The van der Waals surface area contributed by atoms with E-state index in [4.69, 9.17) is 0 Å². The van der Waals surface area contributed by atoms with Gasteiger partial charge in [0.2, 0.25) is 5.91 Å². The molecule has 0 aromatic carbocycles. The van der Waals surface area contributed by atoms with E-state index in [0.29, 0.717) is 25.9 Å². The van der Waals surface area contributed by atoms with Crippen molar-refractivity contribution >= 4 is 17.7 Å². The normalized spacial score (nSPS) is 21.9. The van der Waals surface area contributed by atoms with Gasteiger partial charge in [0.25, 0.3) is 0 Å². The van der Waals surface area contributed by atoms with Crippen LogP contribution in [0.3, 0.4) is 0 Å². The standard InChI is InChI=1S/C17H24N4O3/c22-16(21-8-3-4-14(21)17(23)24)6-9-19-10-12-20(13-11-19)15-5-1-2-7-18-15/h1-2,5,7,14H,3-4,6,8-13H2,(H,23,24)/t14-/m0/s1. The Kier molecular flexibility index (Phi) is 5.30. The lowest BCUT2D eigenvalue weighted by molar-refractivity contribution is -0.148. The summed E-state index contributed by atoms with van der Waals surface area (Å²) >= 11 is 0. The van der Waals surface area contributed by atoms with Crippen LogP contribution in [-0.2, 0) is 9.59 Å². The number of amides is 1. The number of aromatic nitrogens is 1. The topological polar surface area (TPSA) is 77.0 Å². The molecule has 130 valence electrons. The minimum absolute atomic E-state index is 0.0351. The Morgan fingerprint density at radius 3 is 2.62 bits per heavy atom. The van der Waals surface area contributed by atoms with Gasteiger partial charge in [-0.1, -0.05) is 6.07 Å². The molecule has 0 spiro atoms. The summed E-state index contributed by atoms with van der Waals surface area (Å²) in [6.07, 6.45) is 3.55. The number of carbonyl (C=O) groups is 2. The number of rotatable bonds is 5. The lowest BCUT2D eigenvalue weighted by Crippen LogP contribution is -2.48. The minimum atomic E-state index is -0.884. The van der Waals surface area contributed by atoms with E-state index in [9.17, 15) is 14.7 Å². The molecule has 1 N–H and O–H groups in total. The van der Waals surface area contributed by atoms with Crippen LogP contribution in [0.4, 0.5) is 5.82 Å². The van der Waals surface area contributed by atoms with Crippen molar-refractivity contribution in [2.24, 2.45) is 0 Å². The van der Waals surface area contributed by atoms with Gasteiger partial charge in [0.15, 0.2) is 0 Å². The van der Waals surface area contributed by atoms with Crippen molar-refractivity contribution in [3.05, 3.63) is 24.4 Å².